The molecule has 0 aromatic heterocycles. The summed E-state index contributed by atoms with van der Waals surface area (Å²) in [6, 6.07) is 1.18. The van der Waals surface area contributed by atoms with Crippen molar-refractivity contribution in [1.82, 2.24) is 0 Å². The maximum atomic E-state index is 13.2. The maximum absolute atomic E-state index is 13.2. The number of hydrogen-bond acceptors (Lipinski definition) is 1. The number of halogens is 3. The second kappa shape index (κ2) is 5.01. The highest BCUT2D eigenvalue weighted by atomic mass is 19.1. The number of rotatable bonds is 4. The minimum atomic E-state index is -0.989. The van der Waals surface area contributed by atoms with Crippen LogP contribution in [-0.4, -0.2) is 5.91 Å². The van der Waals surface area contributed by atoms with E-state index < -0.39 is 29.3 Å². The van der Waals surface area contributed by atoms with Crippen LogP contribution in [0.4, 0.5) is 13.2 Å². The Labute approximate surface area is 91.3 Å². The molecule has 0 radical (unpaired) electrons. The molecule has 0 saturated carbocycles. The van der Waals surface area contributed by atoms with Crippen molar-refractivity contribution >= 4 is 5.91 Å². The van der Waals surface area contributed by atoms with Gasteiger partial charge < -0.3 is 5.73 Å². The van der Waals surface area contributed by atoms with E-state index >= 15 is 0 Å². The third kappa shape index (κ3) is 2.74. The van der Waals surface area contributed by atoms with Crippen LogP contribution >= 0.6 is 0 Å². The molecular formula is C11H12F3NO. The van der Waals surface area contributed by atoms with E-state index in [9.17, 15) is 18.0 Å². The molecule has 0 spiro atoms. The smallest absolute Gasteiger partial charge is 0.220 e. The zero-order valence-corrected chi connectivity index (χ0v) is 8.77. The minimum Gasteiger partial charge on any atom is -0.369 e. The van der Waals surface area contributed by atoms with Gasteiger partial charge in [-0.1, -0.05) is 6.92 Å². The van der Waals surface area contributed by atoms with Crippen LogP contribution in [0, 0.1) is 23.4 Å². The molecule has 1 rings (SSSR count). The number of carbonyl (C=O) groups is 1. The van der Waals surface area contributed by atoms with Gasteiger partial charge in [-0.05, 0) is 12.8 Å². The number of nitrogens with two attached hydrogens (primary N) is 1. The van der Waals surface area contributed by atoms with Gasteiger partial charge >= 0.3 is 0 Å². The molecule has 1 atom stereocenters. The standard InChI is InChI=1S/C11H12F3NO/c1-2-6(11(15)16)3-8-9(13)4-7(12)5-10(8)14/h4-6H,2-3H2,1H3,(H2,15,16). The summed E-state index contributed by atoms with van der Waals surface area (Å²) < 4.78 is 39.1. The van der Waals surface area contributed by atoms with Crippen LogP contribution in [0.5, 0.6) is 0 Å². The Bertz CT molecular complexity index is 383. The Balaban J connectivity index is 3.01. The fourth-order valence-electron chi connectivity index (χ4n) is 1.46. The lowest BCUT2D eigenvalue weighted by Gasteiger charge is -2.12. The quantitative estimate of drug-likeness (QED) is 0.847. The van der Waals surface area contributed by atoms with Crippen molar-refractivity contribution in [3.8, 4) is 0 Å². The SMILES string of the molecule is CCC(Cc1c(F)cc(F)cc1F)C(N)=O. The first-order valence-corrected chi connectivity index (χ1v) is 4.88. The summed E-state index contributed by atoms with van der Waals surface area (Å²) >= 11 is 0. The highest BCUT2D eigenvalue weighted by Gasteiger charge is 2.19. The molecular weight excluding hydrogens is 219 g/mol. The summed E-state index contributed by atoms with van der Waals surface area (Å²) in [7, 11) is 0. The fourth-order valence-corrected chi connectivity index (χ4v) is 1.46. The first-order chi connectivity index (χ1) is 7.45. The van der Waals surface area contributed by atoms with Crippen molar-refractivity contribution in [3.63, 3.8) is 0 Å². The topological polar surface area (TPSA) is 43.1 Å². The maximum Gasteiger partial charge on any atom is 0.220 e. The fraction of sp³-hybridized carbons (Fsp3) is 0.364. The van der Waals surface area contributed by atoms with E-state index in [1.165, 1.54) is 0 Å². The van der Waals surface area contributed by atoms with E-state index in [0.717, 1.165) is 0 Å². The third-order valence-corrected chi connectivity index (χ3v) is 2.45. The van der Waals surface area contributed by atoms with E-state index in [-0.39, 0.29) is 12.0 Å². The van der Waals surface area contributed by atoms with E-state index in [0.29, 0.717) is 18.6 Å². The van der Waals surface area contributed by atoms with Crippen LogP contribution in [0.25, 0.3) is 0 Å². The number of carbonyl (C=O) groups excluding carboxylic acids is 1. The molecule has 88 valence electrons. The molecule has 16 heavy (non-hydrogen) atoms. The lowest BCUT2D eigenvalue weighted by molar-refractivity contribution is -0.121. The highest BCUT2D eigenvalue weighted by molar-refractivity contribution is 5.76. The molecule has 0 aliphatic heterocycles. The van der Waals surface area contributed by atoms with Crippen molar-refractivity contribution in [2.45, 2.75) is 19.8 Å². The Morgan fingerprint density at radius 1 is 1.31 bits per heavy atom. The molecule has 2 nitrogen and oxygen atoms in total. The Hall–Kier alpha value is -1.52. The molecule has 5 heteroatoms. The van der Waals surface area contributed by atoms with E-state index in [1.807, 2.05) is 0 Å². The van der Waals surface area contributed by atoms with Crippen LogP contribution in [-0.2, 0) is 11.2 Å². The first kappa shape index (κ1) is 12.5. The molecule has 2 N–H and O–H groups in total. The predicted octanol–water partition coefficient (Wildman–Crippen LogP) is 2.16. The van der Waals surface area contributed by atoms with E-state index in [4.69, 9.17) is 5.73 Å². The van der Waals surface area contributed by atoms with Crippen molar-refractivity contribution in [3.05, 3.63) is 35.1 Å². The minimum absolute atomic E-state index is 0.149. The molecule has 0 fully saturated rings. The molecule has 1 aromatic carbocycles. The van der Waals surface area contributed by atoms with E-state index in [1.54, 1.807) is 6.92 Å². The molecule has 0 saturated heterocycles. The summed E-state index contributed by atoms with van der Waals surface area (Å²) in [5.41, 5.74) is 4.77. The number of benzene rings is 1. The molecule has 0 bridgehead atoms. The van der Waals surface area contributed by atoms with Gasteiger partial charge in [0.05, 0.1) is 0 Å². The van der Waals surface area contributed by atoms with Crippen molar-refractivity contribution < 1.29 is 18.0 Å². The first-order valence-electron chi connectivity index (χ1n) is 4.88. The van der Waals surface area contributed by atoms with Gasteiger partial charge in [0.15, 0.2) is 0 Å². The van der Waals surface area contributed by atoms with Gasteiger partial charge in [-0.3, -0.25) is 4.79 Å². The second-order valence-corrected chi connectivity index (χ2v) is 3.56. The van der Waals surface area contributed by atoms with E-state index in [2.05, 4.69) is 0 Å². The van der Waals surface area contributed by atoms with Gasteiger partial charge in [-0.15, -0.1) is 0 Å². The molecule has 1 amide bonds. The molecule has 0 heterocycles. The zero-order chi connectivity index (χ0) is 12.3. The number of hydrogen-bond donors (Lipinski definition) is 1. The molecule has 1 aromatic rings. The van der Waals surface area contributed by atoms with Crippen LogP contribution < -0.4 is 5.73 Å². The lowest BCUT2D eigenvalue weighted by Crippen LogP contribution is -2.25. The molecule has 0 aliphatic carbocycles. The largest absolute Gasteiger partial charge is 0.369 e. The summed E-state index contributed by atoms with van der Waals surface area (Å²) in [6.07, 6.45) is 0.232. The van der Waals surface area contributed by atoms with Crippen LogP contribution in [0.1, 0.15) is 18.9 Å². The third-order valence-electron chi connectivity index (χ3n) is 2.45. The normalized spacial score (nSPS) is 12.5. The average Bonchev–Trinajstić information content (AvgIpc) is 2.15. The highest BCUT2D eigenvalue weighted by Crippen LogP contribution is 2.19. The van der Waals surface area contributed by atoms with Gasteiger partial charge in [0, 0.05) is 23.6 Å². The van der Waals surface area contributed by atoms with Gasteiger partial charge in [-0.2, -0.15) is 0 Å². The summed E-state index contributed by atoms with van der Waals surface area (Å²) in [5.74, 6) is -4.22. The van der Waals surface area contributed by atoms with Gasteiger partial charge in [-0.25, -0.2) is 13.2 Å². The second-order valence-electron chi connectivity index (χ2n) is 3.56. The zero-order valence-electron chi connectivity index (χ0n) is 8.77. The van der Waals surface area contributed by atoms with Gasteiger partial charge in [0.1, 0.15) is 17.5 Å². The Morgan fingerprint density at radius 3 is 2.19 bits per heavy atom. The van der Waals surface area contributed by atoms with Crippen molar-refractivity contribution in [2.75, 3.05) is 0 Å². The molecule has 1 unspecified atom stereocenters. The van der Waals surface area contributed by atoms with Crippen molar-refractivity contribution in [1.29, 1.82) is 0 Å². The monoisotopic (exact) mass is 231 g/mol. The average molecular weight is 231 g/mol. The number of primary amides is 1. The lowest BCUT2D eigenvalue weighted by atomic mass is 9.95. The van der Waals surface area contributed by atoms with Crippen LogP contribution in [0.3, 0.4) is 0 Å². The summed E-state index contributed by atoms with van der Waals surface area (Å²) in [5, 5.41) is 0. The molecule has 0 aliphatic rings. The van der Waals surface area contributed by atoms with Gasteiger partial charge in [0.2, 0.25) is 5.91 Å². The van der Waals surface area contributed by atoms with Crippen molar-refractivity contribution in [2.24, 2.45) is 11.7 Å². The Morgan fingerprint density at radius 2 is 1.81 bits per heavy atom. The Kier molecular flexibility index (Phi) is 3.93. The van der Waals surface area contributed by atoms with Crippen LogP contribution in [0.15, 0.2) is 12.1 Å². The number of amides is 1. The van der Waals surface area contributed by atoms with Gasteiger partial charge in [0.25, 0.3) is 0 Å². The van der Waals surface area contributed by atoms with Crippen LogP contribution in [0.2, 0.25) is 0 Å². The summed E-state index contributed by atoms with van der Waals surface area (Å²) in [6.45, 7) is 1.69. The summed E-state index contributed by atoms with van der Waals surface area (Å²) in [4.78, 5) is 10.9. The predicted molar refractivity (Wildman–Crippen MR) is 53.0 cm³/mol.